The Morgan fingerprint density at radius 1 is 0.966 bits per heavy atom. The SMILES string of the molecule is O=C(c1ccc2c(c1)C(=O)N(C1CCCCC1)C2=O)N1CCc2[nH][nH]c(=O)c2C1. The number of amides is 3. The summed E-state index contributed by atoms with van der Waals surface area (Å²) in [6.07, 6.45) is 5.45. The van der Waals surface area contributed by atoms with Gasteiger partial charge < -0.3 is 10.00 Å². The van der Waals surface area contributed by atoms with Gasteiger partial charge in [-0.2, -0.15) is 0 Å². The first kappa shape index (κ1) is 17.9. The van der Waals surface area contributed by atoms with Crippen LogP contribution < -0.4 is 5.56 Å². The molecule has 3 aliphatic rings. The van der Waals surface area contributed by atoms with Gasteiger partial charge in [0.05, 0.1) is 23.2 Å². The summed E-state index contributed by atoms with van der Waals surface area (Å²) in [6.45, 7) is 0.711. The molecule has 29 heavy (non-hydrogen) atoms. The zero-order valence-electron chi connectivity index (χ0n) is 16.0. The highest BCUT2D eigenvalue weighted by Gasteiger charge is 2.40. The second kappa shape index (κ2) is 6.72. The van der Waals surface area contributed by atoms with Crippen molar-refractivity contribution in [2.24, 2.45) is 0 Å². The minimum absolute atomic E-state index is 0.0452. The van der Waals surface area contributed by atoms with E-state index in [1.807, 2.05) is 0 Å². The van der Waals surface area contributed by atoms with Crippen LogP contribution >= 0.6 is 0 Å². The molecule has 1 aliphatic carbocycles. The molecule has 0 atom stereocenters. The van der Waals surface area contributed by atoms with Crippen LogP contribution in [0.2, 0.25) is 0 Å². The zero-order chi connectivity index (χ0) is 20.1. The van der Waals surface area contributed by atoms with E-state index in [0.29, 0.717) is 35.2 Å². The molecule has 0 unspecified atom stereocenters. The number of fused-ring (bicyclic) bond motifs is 2. The molecule has 0 spiro atoms. The molecule has 0 saturated heterocycles. The van der Waals surface area contributed by atoms with E-state index in [2.05, 4.69) is 10.2 Å². The highest BCUT2D eigenvalue weighted by molar-refractivity contribution is 6.22. The first-order valence-corrected chi connectivity index (χ1v) is 10.1. The number of carbonyl (C=O) groups is 3. The van der Waals surface area contributed by atoms with Gasteiger partial charge in [-0.15, -0.1) is 0 Å². The fraction of sp³-hybridized carbons (Fsp3) is 0.429. The average molecular weight is 394 g/mol. The van der Waals surface area contributed by atoms with Crippen LogP contribution in [0.5, 0.6) is 0 Å². The lowest BCUT2D eigenvalue weighted by Gasteiger charge is -2.29. The number of rotatable bonds is 2. The predicted octanol–water partition coefficient (Wildman–Crippen LogP) is 1.83. The fourth-order valence-corrected chi connectivity index (χ4v) is 4.74. The molecule has 8 nitrogen and oxygen atoms in total. The van der Waals surface area contributed by atoms with Gasteiger partial charge in [0.1, 0.15) is 0 Å². The topological polar surface area (TPSA) is 106 Å². The normalized spacial score (nSPS) is 19.4. The first-order valence-electron chi connectivity index (χ1n) is 10.1. The lowest BCUT2D eigenvalue weighted by molar-refractivity contribution is 0.0548. The first-order chi connectivity index (χ1) is 14.0. The maximum Gasteiger partial charge on any atom is 0.269 e. The number of hydrogen-bond acceptors (Lipinski definition) is 4. The minimum Gasteiger partial charge on any atom is -0.334 e. The van der Waals surface area contributed by atoms with Gasteiger partial charge in [0.25, 0.3) is 23.3 Å². The van der Waals surface area contributed by atoms with Gasteiger partial charge in [-0.1, -0.05) is 19.3 Å². The average Bonchev–Trinajstić information content (AvgIpc) is 3.25. The lowest BCUT2D eigenvalue weighted by atomic mass is 9.94. The highest BCUT2D eigenvalue weighted by atomic mass is 16.2. The van der Waals surface area contributed by atoms with Crippen LogP contribution in [0, 0.1) is 0 Å². The number of aromatic nitrogens is 2. The molecule has 0 bridgehead atoms. The molecule has 3 amide bonds. The minimum atomic E-state index is -0.297. The summed E-state index contributed by atoms with van der Waals surface area (Å²) in [5, 5.41) is 5.40. The molecule has 1 aromatic heterocycles. The van der Waals surface area contributed by atoms with Crippen molar-refractivity contribution in [1.29, 1.82) is 0 Å². The zero-order valence-corrected chi connectivity index (χ0v) is 16.0. The van der Waals surface area contributed by atoms with Crippen LogP contribution in [-0.4, -0.2) is 50.3 Å². The van der Waals surface area contributed by atoms with E-state index in [0.717, 1.165) is 37.8 Å². The molecule has 0 radical (unpaired) electrons. The standard InChI is InChI=1S/C21H22N4O4/c26-18-16-11-24(9-8-17(16)22-23-18)19(27)12-6-7-14-15(10-12)21(29)25(20(14)28)13-4-2-1-3-5-13/h6-7,10,13H,1-5,8-9,11H2,(H2,22,23,26). The quantitative estimate of drug-likeness (QED) is 0.758. The highest BCUT2D eigenvalue weighted by Crippen LogP contribution is 2.31. The smallest absolute Gasteiger partial charge is 0.269 e. The predicted molar refractivity (Wildman–Crippen MR) is 104 cm³/mol. The Balaban J connectivity index is 1.41. The third kappa shape index (κ3) is 2.82. The van der Waals surface area contributed by atoms with Crippen LogP contribution in [0.1, 0.15) is 74.4 Å². The number of nitrogens with zero attached hydrogens (tertiary/aromatic N) is 2. The van der Waals surface area contributed by atoms with E-state index < -0.39 is 0 Å². The molecular weight excluding hydrogens is 372 g/mol. The van der Waals surface area contributed by atoms with Crippen molar-refractivity contribution >= 4 is 17.7 Å². The summed E-state index contributed by atoms with van der Waals surface area (Å²) < 4.78 is 0. The number of aromatic amines is 2. The summed E-state index contributed by atoms with van der Waals surface area (Å²) in [6, 6.07) is 4.69. The van der Waals surface area contributed by atoms with Gasteiger partial charge in [0, 0.05) is 30.3 Å². The van der Waals surface area contributed by atoms with Crippen molar-refractivity contribution in [3.8, 4) is 0 Å². The van der Waals surface area contributed by atoms with E-state index >= 15 is 0 Å². The van der Waals surface area contributed by atoms with Gasteiger partial charge in [0.15, 0.2) is 0 Å². The van der Waals surface area contributed by atoms with E-state index in [1.165, 1.54) is 11.0 Å². The van der Waals surface area contributed by atoms with Gasteiger partial charge in [-0.25, -0.2) is 0 Å². The number of nitrogens with one attached hydrogen (secondary N) is 2. The van der Waals surface area contributed by atoms with Crippen LogP contribution in [0.15, 0.2) is 23.0 Å². The number of carbonyl (C=O) groups excluding carboxylic acids is 3. The Morgan fingerprint density at radius 3 is 2.52 bits per heavy atom. The molecule has 3 heterocycles. The molecule has 2 aliphatic heterocycles. The number of benzene rings is 1. The van der Waals surface area contributed by atoms with Crippen molar-refractivity contribution in [3.05, 3.63) is 56.5 Å². The van der Waals surface area contributed by atoms with Crippen molar-refractivity contribution < 1.29 is 14.4 Å². The summed E-state index contributed by atoms with van der Waals surface area (Å²) in [7, 11) is 0. The van der Waals surface area contributed by atoms with E-state index in [1.54, 1.807) is 17.0 Å². The Kier molecular flexibility index (Phi) is 4.15. The summed E-state index contributed by atoms with van der Waals surface area (Å²) in [5.41, 5.74) is 2.24. The third-order valence-corrected chi connectivity index (χ3v) is 6.34. The number of imide groups is 1. The van der Waals surface area contributed by atoms with Crippen molar-refractivity contribution in [3.63, 3.8) is 0 Å². The van der Waals surface area contributed by atoms with Crippen LogP contribution in [-0.2, 0) is 13.0 Å². The van der Waals surface area contributed by atoms with Crippen LogP contribution in [0.25, 0.3) is 0 Å². The number of H-pyrrole nitrogens is 2. The van der Waals surface area contributed by atoms with E-state index in [-0.39, 0.29) is 35.9 Å². The van der Waals surface area contributed by atoms with E-state index in [9.17, 15) is 19.2 Å². The summed E-state index contributed by atoms with van der Waals surface area (Å²) in [4.78, 5) is 53.6. The summed E-state index contributed by atoms with van der Waals surface area (Å²) >= 11 is 0. The molecule has 1 fully saturated rings. The van der Waals surface area contributed by atoms with E-state index in [4.69, 9.17) is 0 Å². The molecule has 1 saturated carbocycles. The molecule has 8 heteroatoms. The van der Waals surface area contributed by atoms with Gasteiger partial charge in [0.2, 0.25) is 0 Å². The van der Waals surface area contributed by atoms with Crippen molar-refractivity contribution in [2.45, 2.75) is 51.1 Å². The second-order valence-corrected chi connectivity index (χ2v) is 8.05. The summed E-state index contributed by atoms with van der Waals surface area (Å²) in [5.74, 6) is -0.789. The van der Waals surface area contributed by atoms with Crippen molar-refractivity contribution in [2.75, 3.05) is 6.54 Å². The Hall–Kier alpha value is -3.16. The Bertz CT molecular complexity index is 1080. The van der Waals surface area contributed by atoms with Crippen LogP contribution in [0.4, 0.5) is 0 Å². The van der Waals surface area contributed by atoms with Gasteiger partial charge >= 0.3 is 0 Å². The monoisotopic (exact) mass is 394 g/mol. The molecule has 1 aromatic carbocycles. The molecular formula is C21H22N4O4. The largest absolute Gasteiger partial charge is 0.334 e. The van der Waals surface area contributed by atoms with Gasteiger partial charge in [-0.05, 0) is 31.0 Å². The third-order valence-electron chi connectivity index (χ3n) is 6.34. The maximum atomic E-state index is 13.0. The molecule has 2 aromatic rings. The van der Waals surface area contributed by atoms with Crippen LogP contribution in [0.3, 0.4) is 0 Å². The molecule has 150 valence electrons. The molecule has 2 N–H and O–H groups in total. The fourth-order valence-electron chi connectivity index (χ4n) is 4.74. The lowest BCUT2D eigenvalue weighted by Crippen LogP contribution is -2.40. The van der Waals surface area contributed by atoms with Gasteiger partial charge in [-0.3, -0.25) is 29.2 Å². The maximum absolute atomic E-state index is 13.0. The Labute approximate surface area is 166 Å². The number of hydrogen-bond donors (Lipinski definition) is 2. The molecule has 5 rings (SSSR count). The second-order valence-electron chi connectivity index (χ2n) is 8.05. The van der Waals surface area contributed by atoms with Crippen molar-refractivity contribution in [1.82, 2.24) is 20.0 Å². The Morgan fingerprint density at radius 2 is 1.72 bits per heavy atom.